The Bertz CT molecular complexity index is 1090. The zero-order chi connectivity index (χ0) is 38.0. The second-order valence-electron chi connectivity index (χ2n) is 14.4. The van der Waals surface area contributed by atoms with Crippen LogP contribution in [0.4, 0.5) is 4.79 Å². The van der Waals surface area contributed by atoms with E-state index < -0.39 is 49.2 Å². The van der Waals surface area contributed by atoms with Gasteiger partial charge in [-0.1, -0.05) is 153 Å². The third-order valence-electron chi connectivity index (χ3n) is 10.0. The van der Waals surface area contributed by atoms with Crippen LogP contribution in [0.15, 0.2) is 30.3 Å². The van der Waals surface area contributed by atoms with E-state index >= 15 is 0 Å². The first kappa shape index (κ1) is 45.6. The van der Waals surface area contributed by atoms with Crippen molar-refractivity contribution in [2.75, 3.05) is 26.7 Å². The van der Waals surface area contributed by atoms with Gasteiger partial charge < -0.3 is 35.0 Å². The number of ether oxygens (including phenoxy) is 2. The van der Waals surface area contributed by atoms with E-state index in [0.29, 0.717) is 18.4 Å². The van der Waals surface area contributed by atoms with Crippen molar-refractivity contribution in [3.05, 3.63) is 35.9 Å². The molecule has 1 aliphatic heterocycles. The minimum absolute atomic E-state index is 0.126. The molecule has 0 bridgehead atoms. The number of amides is 3. The molecule has 1 fully saturated rings. The van der Waals surface area contributed by atoms with Crippen LogP contribution in [0.5, 0.6) is 0 Å². The normalized spacial score (nSPS) is 20.1. The van der Waals surface area contributed by atoms with Gasteiger partial charge in [-0.3, -0.25) is 9.59 Å². The third-order valence-corrected chi connectivity index (χ3v) is 10.0. The Morgan fingerprint density at radius 1 is 0.731 bits per heavy atom. The molecule has 1 saturated heterocycles. The van der Waals surface area contributed by atoms with Crippen molar-refractivity contribution in [2.45, 2.75) is 179 Å². The highest BCUT2D eigenvalue weighted by Crippen LogP contribution is 2.30. The first-order valence-corrected chi connectivity index (χ1v) is 20.4. The van der Waals surface area contributed by atoms with E-state index in [-0.39, 0.29) is 32.0 Å². The topological polar surface area (TPSA) is 149 Å². The number of benzene rings is 1. The number of rotatable bonds is 28. The first-order valence-electron chi connectivity index (χ1n) is 20.4. The van der Waals surface area contributed by atoms with Crippen LogP contribution in [0.2, 0.25) is 0 Å². The molecule has 52 heavy (non-hydrogen) atoms. The molecule has 298 valence electrons. The molecule has 0 aliphatic carbocycles. The zero-order valence-corrected chi connectivity index (χ0v) is 32.5. The largest absolute Gasteiger partial charge is 0.444 e. The summed E-state index contributed by atoms with van der Waals surface area (Å²) in [5, 5.41) is 35.5. The number of imide groups is 1. The van der Waals surface area contributed by atoms with E-state index in [4.69, 9.17) is 9.47 Å². The number of unbranched alkanes of at least 4 members (excludes halogenated alkanes) is 17. The van der Waals surface area contributed by atoms with Gasteiger partial charge in [0, 0.05) is 13.0 Å². The van der Waals surface area contributed by atoms with Gasteiger partial charge in [-0.15, -0.1) is 0 Å². The SMILES string of the molecule is CCCCCCCCCCCCN(C(=O)CCCCCCCCCCC)[C@@H]1O[C@H](CO)[C@@H](O)[C@H](O)[C@H]1N(C(=O)CNC)C(=O)OCc1ccccc1. The molecule has 4 N–H and O–H groups in total. The fourth-order valence-corrected chi connectivity index (χ4v) is 6.93. The highest BCUT2D eigenvalue weighted by atomic mass is 16.6. The number of nitrogens with zero attached hydrogens (tertiary/aromatic N) is 2. The summed E-state index contributed by atoms with van der Waals surface area (Å²) < 4.78 is 11.8. The van der Waals surface area contributed by atoms with Gasteiger partial charge >= 0.3 is 6.09 Å². The molecule has 5 atom stereocenters. The molecular weight excluding hydrogens is 662 g/mol. The highest BCUT2D eigenvalue weighted by Gasteiger charge is 2.53. The number of likely N-dealkylation sites (N-methyl/N-ethyl adjacent to an activating group) is 1. The fourth-order valence-electron chi connectivity index (χ4n) is 6.93. The second kappa shape index (κ2) is 28.0. The van der Waals surface area contributed by atoms with Gasteiger partial charge in [0.2, 0.25) is 11.8 Å². The Balaban J connectivity index is 2.26. The summed E-state index contributed by atoms with van der Waals surface area (Å²) in [7, 11) is 1.56. The molecule has 0 saturated carbocycles. The smallest absolute Gasteiger partial charge is 0.417 e. The van der Waals surface area contributed by atoms with Crippen molar-refractivity contribution in [1.82, 2.24) is 15.1 Å². The van der Waals surface area contributed by atoms with Crippen LogP contribution in [-0.2, 0) is 25.7 Å². The molecule has 11 heteroatoms. The predicted molar refractivity (Wildman–Crippen MR) is 204 cm³/mol. The van der Waals surface area contributed by atoms with Crippen LogP contribution in [-0.4, -0.2) is 100 Å². The van der Waals surface area contributed by atoms with Crippen molar-refractivity contribution in [1.29, 1.82) is 0 Å². The maximum atomic E-state index is 14.1. The maximum Gasteiger partial charge on any atom is 0.417 e. The summed E-state index contributed by atoms with van der Waals surface area (Å²) in [6.07, 6.45) is 14.4. The Hall–Kier alpha value is -2.57. The Labute approximate surface area is 313 Å². The summed E-state index contributed by atoms with van der Waals surface area (Å²) >= 11 is 0. The average molecular weight is 734 g/mol. The van der Waals surface area contributed by atoms with Gasteiger partial charge in [-0.25, -0.2) is 9.69 Å². The number of carbonyl (C=O) groups is 3. The van der Waals surface area contributed by atoms with Gasteiger partial charge in [-0.05, 0) is 25.5 Å². The van der Waals surface area contributed by atoms with E-state index in [1.54, 1.807) is 31.3 Å². The number of nitrogens with one attached hydrogen (secondary N) is 1. The Morgan fingerprint density at radius 2 is 1.25 bits per heavy atom. The van der Waals surface area contributed by atoms with Gasteiger partial charge in [0.15, 0.2) is 6.23 Å². The van der Waals surface area contributed by atoms with E-state index in [0.717, 1.165) is 43.4 Å². The molecular formula is C41H71N3O8. The summed E-state index contributed by atoms with van der Waals surface area (Å²) in [6, 6.07) is 7.53. The second-order valence-corrected chi connectivity index (χ2v) is 14.4. The monoisotopic (exact) mass is 734 g/mol. The van der Waals surface area contributed by atoms with Crippen molar-refractivity contribution in [3.63, 3.8) is 0 Å². The Kier molecular flexibility index (Phi) is 24.5. The van der Waals surface area contributed by atoms with E-state index in [1.165, 1.54) is 75.5 Å². The molecule has 2 rings (SSSR count). The molecule has 0 radical (unpaired) electrons. The van der Waals surface area contributed by atoms with Crippen molar-refractivity contribution in [2.24, 2.45) is 0 Å². The predicted octanol–water partition coefficient (Wildman–Crippen LogP) is 6.85. The Morgan fingerprint density at radius 3 is 1.77 bits per heavy atom. The number of carbonyl (C=O) groups excluding carboxylic acids is 3. The minimum atomic E-state index is -1.71. The van der Waals surface area contributed by atoms with Crippen LogP contribution in [0, 0.1) is 0 Å². The van der Waals surface area contributed by atoms with Gasteiger partial charge in [0.1, 0.15) is 31.0 Å². The molecule has 1 heterocycles. The van der Waals surface area contributed by atoms with Crippen molar-refractivity contribution < 1.29 is 39.2 Å². The lowest BCUT2D eigenvalue weighted by Crippen LogP contribution is -2.70. The molecule has 11 nitrogen and oxygen atoms in total. The molecule has 1 aliphatic rings. The maximum absolute atomic E-state index is 14.1. The first-order chi connectivity index (χ1) is 25.3. The summed E-state index contributed by atoms with van der Waals surface area (Å²) in [6.45, 7) is 3.69. The lowest BCUT2D eigenvalue weighted by atomic mass is 9.93. The molecule has 0 aromatic heterocycles. The van der Waals surface area contributed by atoms with Crippen molar-refractivity contribution >= 4 is 17.9 Å². The molecule has 0 spiro atoms. The standard InChI is InChI=1S/C41H71N3O8/c1-4-6-8-10-12-14-16-18-20-25-29-43(35(46)28-24-19-17-15-13-11-9-7-5-2)40-37(39(49)38(48)34(31-45)52-40)44(36(47)30-42-3)41(50)51-32-33-26-22-21-23-27-33/h21-23,26-27,34,37-40,42,45,48-49H,4-20,24-25,28-32H2,1-3H3/t34-,37-,38-,39-,40-/m1/s1. The summed E-state index contributed by atoms with van der Waals surface area (Å²) in [5.74, 6) is -0.925. The number of hydrogen-bond donors (Lipinski definition) is 4. The third kappa shape index (κ3) is 16.6. The quantitative estimate of drug-likeness (QED) is 0.0679. The van der Waals surface area contributed by atoms with E-state index in [1.807, 2.05) is 6.07 Å². The van der Waals surface area contributed by atoms with Crippen LogP contribution >= 0.6 is 0 Å². The highest BCUT2D eigenvalue weighted by molar-refractivity contribution is 5.93. The van der Waals surface area contributed by atoms with Crippen LogP contribution in [0.25, 0.3) is 0 Å². The van der Waals surface area contributed by atoms with Crippen LogP contribution in [0.3, 0.4) is 0 Å². The number of aliphatic hydroxyl groups excluding tert-OH is 3. The van der Waals surface area contributed by atoms with Gasteiger partial charge in [-0.2, -0.15) is 0 Å². The van der Waals surface area contributed by atoms with Crippen LogP contribution in [0.1, 0.15) is 148 Å². The van der Waals surface area contributed by atoms with Gasteiger partial charge in [0.25, 0.3) is 0 Å². The molecule has 1 aromatic rings. The number of aliphatic hydroxyl groups is 3. The minimum Gasteiger partial charge on any atom is -0.444 e. The zero-order valence-electron chi connectivity index (χ0n) is 32.5. The lowest BCUT2D eigenvalue weighted by Gasteiger charge is -2.49. The van der Waals surface area contributed by atoms with Crippen molar-refractivity contribution in [3.8, 4) is 0 Å². The van der Waals surface area contributed by atoms with E-state index in [2.05, 4.69) is 19.2 Å². The van der Waals surface area contributed by atoms with Crippen LogP contribution < -0.4 is 5.32 Å². The van der Waals surface area contributed by atoms with Gasteiger partial charge in [0.05, 0.1) is 13.2 Å². The van der Waals surface area contributed by atoms with E-state index in [9.17, 15) is 29.7 Å². The lowest BCUT2D eigenvalue weighted by molar-refractivity contribution is -0.244. The average Bonchev–Trinajstić information content (AvgIpc) is 3.15. The molecule has 3 amide bonds. The summed E-state index contributed by atoms with van der Waals surface area (Å²) in [5.41, 5.74) is 0.702. The summed E-state index contributed by atoms with van der Waals surface area (Å²) in [4.78, 5) is 43.7. The molecule has 1 aromatic carbocycles. The number of hydrogen-bond acceptors (Lipinski definition) is 9. The molecule has 0 unspecified atom stereocenters. The fraction of sp³-hybridized carbons (Fsp3) is 0.780.